The smallest absolute Gasteiger partial charge is 0.306 e. The zero-order valence-electron chi connectivity index (χ0n) is 9.03. The summed E-state index contributed by atoms with van der Waals surface area (Å²) in [7, 11) is 0. The van der Waals surface area contributed by atoms with Crippen molar-refractivity contribution in [3.63, 3.8) is 0 Å². The van der Waals surface area contributed by atoms with E-state index in [4.69, 9.17) is 16.7 Å². The molecule has 1 aromatic rings. The van der Waals surface area contributed by atoms with Crippen molar-refractivity contribution >= 4 is 23.3 Å². The zero-order valence-corrected chi connectivity index (χ0v) is 9.79. The first-order chi connectivity index (χ1) is 7.58. The lowest BCUT2D eigenvalue weighted by atomic mass is 10.2. The van der Waals surface area contributed by atoms with Crippen LogP contribution in [0.5, 0.6) is 0 Å². The fourth-order valence-electron chi connectivity index (χ4n) is 1.80. The van der Waals surface area contributed by atoms with Gasteiger partial charge in [0.05, 0.1) is 5.92 Å². The SMILES string of the molecule is Cc1ccc(Cl)cc1NCC1CC1C(=O)O. The number of halogens is 1. The van der Waals surface area contributed by atoms with Crippen LogP contribution in [-0.4, -0.2) is 17.6 Å². The number of nitrogens with one attached hydrogen (secondary N) is 1. The predicted molar refractivity (Wildman–Crippen MR) is 63.9 cm³/mol. The molecular formula is C12H14ClNO2. The number of aliphatic carboxylic acids is 1. The minimum absolute atomic E-state index is 0.160. The maximum absolute atomic E-state index is 10.7. The Balaban J connectivity index is 1.91. The lowest BCUT2D eigenvalue weighted by Crippen LogP contribution is -2.09. The van der Waals surface area contributed by atoms with Crippen molar-refractivity contribution in [2.75, 3.05) is 11.9 Å². The van der Waals surface area contributed by atoms with Crippen molar-refractivity contribution in [2.45, 2.75) is 13.3 Å². The van der Waals surface area contributed by atoms with Crippen LogP contribution in [0.3, 0.4) is 0 Å². The number of aryl methyl sites for hydroxylation is 1. The highest BCUT2D eigenvalue weighted by atomic mass is 35.5. The molecule has 0 heterocycles. The van der Waals surface area contributed by atoms with Crippen molar-refractivity contribution in [1.82, 2.24) is 0 Å². The molecule has 2 N–H and O–H groups in total. The number of benzene rings is 1. The molecule has 0 spiro atoms. The molecule has 0 aromatic heterocycles. The average Bonchev–Trinajstić information content (AvgIpc) is 2.99. The van der Waals surface area contributed by atoms with E-state index in [2.05, 4.69) is 5.32 Å². The third kappa shape index (κ3) is 2.47. The van der Waals surface area contributed by atoms with E-state index in [1.807, 2.05) is 25.1 Å². The number of carboxylic acid groups (broad SMARTS) is 1. The van der Waals surface area contributed by atoms with Crippen LogP contribution in [0.15, 0.2) is 18.2 Å². The van der Waals surface area contributed by atoms with Crippen LogP contribution in [0.4, 0.5) is 5.69 Å². The third-order valence-corrected chi connectivity index (χ3v) is 3.23. The summed E-state index contributed by atoms with van der Waals surface area (Å²) < 4.78 is 0. The molecule has 1 aromatic carbocycles. The molecule has 4 heteroatoms. The summed E-state index contributed by atoms with van der Waals surface area (Å²) in [6.07, 6.45) is 0.780. The highest BCUT2D eigenvalue weighted by Crippen LogP contribution is 2.38. The largest absolute Gasteiger partial charge is 0.481 e. The monoisotopic (exact) mass is 239 g/mol. The standard InChI is InChI=1S/C12H14ClNO2/c1-7-2-3-9(13)5-11(7)14-6-8-4-10(8)12(15)16/h2-3,5,8,10,14H,4,6H2,1H3,(H,15,16). The van der Waals surface area contributed by atoms with Gasteiger partial charge in [-0.15, -0.1) is 0 Å². The zero-order chi connectivity index (χ0) is 11.7. The summed E-state index contributed by atoms with van der Waals surface area (Å²) in [5.41, 5.74) is 2.11. The second-order valence-corrected chi connectivity index (χ2v) is 4.72. The van der Waals surface area contributed by atoms with Gasteiger partial charge >= 0.3 is 5.97 Å². The number of rotatable bonds is 4. The summed E-state index contributed by atoms with van der Waals surface area (Å²) in [5, 5.41) is 12.7. The summed E-state index contributed by atoms with van der Waals surface area (Å²) >= 11 is 5.89. The lowest BCUT2D eigenvalue weighted by Gasteiger charge is -2.09. The molecule has 0 saturated heterocycles. The van der Waals surface area contributed by atoms with Gasteiger partial charge in [0.1, 0.15) is 0 Å². The molecule has 1 fully saturated rings. The van der Waals surface area contributed by atoms with E-state index in [0.29, 0.717) is 11.6 Å². The second kappa shape index (κ2) is 4.34. The first-order valence-corrected chi connectivity index (χ1v) is 5.68. The van der Waals surface area contributed by atoms with E-state index in [1.165, 1.54) is 0 Å². The quantitative estimate of drug-likeness (QED) is 0.850. The fourth-order valence-corrected chi connectivity index (χ4v) is 1.97. The lowest BCUT2D eigenvalue weighted by molar-refractivity contribution is -0.138. The van der Waals surface area contributed by atoms with E-state index >= 15 is 0 Å². The molecule has 1 saturated carbocycles. The Labute approximate surface area is 99.4 Å². The van der Waals surface area contributed by atoms with Gasteiger partial charge in [-0.25, -0.2) is 0 Å². The molecule has 0 amide bonds. The first kappa shape index (κ1) is 11.3. The Bertz CT molecular complexity index is 419. The van der Waals surface area contributed by atoms with Gasteiger partial charge in [0.15, 0.2) is 0 Å². The van der Waals surface area contributed by atoms with Crippen LogP contribution in [0, 0.1) is 18.8 Å². The Kier molecular flexibility index (Phi) is 3.06. The van der Waals surface area contributed by atoms with Crippen LogP contribution in [0.25, 0.3) is 0 Å². The van der Waals surface area contributed by atoms with Gasteiger partial charge in [-0.05, 0) is 37.0 Å². The summed E-state index contributed by atoms with van der Waals surface area (Å²) in [6, 6.07) is 5.67. The van der Waals surface area contributed by atoms with Gasteiger partial charge < -0.3 is 10.4 Å². The minimum atomic E-state index is -0.686. The minimum Gasteiger partial charge on any atom is -0.481 e. The Morgan fingerprint density at radius 2 is 2.38 bits per heavy atom. The Morgan fingerprint density at radius 1 is 1.62 bits per heavy atom. The van der Waals surface area contributed by atoms with Crippen LogP contribution in [0.2, 0.25) is 5.02 Å². The van der Waals surface area contributed by atoms with E-state index < -0.39 is 5.97 Å². The molecule has 0 radical (unpaired) electrons. The summed E-state index contributed by atoms with van der Waals surface area (Å²) in [4.78, 5) is 10.7. The van der Waals surface area contributed by atoms with Gasteiger partial charge in [0, 0.05) is 17.3 Å². The average molecular weight is 240 g/mol. The maximum atomic E-state index is 10.7. The molecule has 86 valence electrons. The molecular weight excluding hydrogens is 226 g/mol. The normalized spacial score (nSPS) is 22.9. The number of carbonyl (C=O) groups is 1. The van der Waals surface area contributed by atoms with Crippen molar-refractivity contribution in [2.24, 2.45) is 11.8 Å². The highest BCUT2D eigenvalue weighted by molar-refractivity contribution is 6.30. The van der Waals surface area contributed by atoms with Crippen LogP contribution in [0.1, 0.15) is 12.0 Å². The van der Waals surface area contributed by atoms with Crippen molar-refractivity contribution in [1.29, 1.82) is 0 Å². The molecule has 2 rings (SSSR count). The van der Waals surface area contributed by atoms with Crippen LogP contribution in [-0.2, 0) is 4.79 Å². The van der Waals surface area contributed by atoms with Gasteiger partial charge in [0.25, 0.3) is 0 Å². The van der Waals surface area contributed by atoms with Crippen LogP contribution >= 0.6 is 11.6 Å². The Morgan fingerprint density at radius 3 is 3.00 bits per heavy atom. The summed E-state index contributed by atoms with van der Waals surface area (Å²) in [5.74, 6) is -0.586. The van der Waals surface area contributed by atoms with Gasteiger partial charge in [-0.2, -0.15) is 0 Å². The predicted octanol–water partition coefficient (Wildman–Crippen LogP) is 2.78. The van der Waals surface area contributed by atoms with Gasteiger partial charge in [-0.1, -0.05) is 17.7 Å². The van der Waals surface area contributed by atoms with Gasteiger partial charge in [0.2, 0.25) is 0 Å². The van der Waals surface area contributed by atoms with Crippen LogP contribution < -0.4 is 5.32 Å². The van der Waals surface area contributed by atoms with Crippen molar-refractivity contribution in [3.8, 4) is 0 Å². The topological polar surface area (TPSA) is 49.3 Å². The highest BCUT2D eigenvalue weighted by Gasteiger charge is 2.42. The molecule has 0 bridgehead atoms. The van der Waals surface area contributed by atoms with E-state index in [0.717, 1.165) is 17.7 Å². The third-order valence-electron chi connectivity index (χ3n) is 2.99. The molecule has 16 heavy (non-hydrogen) atoms. The van der Waals surface area contributed by atoms with Crippen molar-refractivity contribution in [3.05, 3.63) is 28.8 Å². The maximum Gasteiger partial charge on any atom is 0.306 e. The first-order valence-electron chi connectivity index (χ1n) is 5.31. The molecule has 1 aliphatic rings. The van der Waals surface area contributed by atoms with E-state index in [1.54, 1.807) is 0 Å². The fraction of sp³-hybridized carbons (Fsp3) is 0.417. The molecule has 1 aliphatic carbocycles. The molecule has 2 unspecified atom stereocenters. The van der Waals surface area contributed by atoms with E-state index in [9.17, 15) is 4.79 Å². The van der Waals surface area contributed by atoms with Crippen molar-refractivity contribution < 1.29 is 9.90 Å². The second-order valence-electron chi connectivity index (χ2n) is 4.28. The Hall–Kier alpha value is -1.22. The van der Waals surface area contributed by atoms with Gasteiger partial charge in [-0.3, -0.25) is 4.79 Å². The number of hydrogen-bond donors (Lipinski definition) is 2. The molecule has 3 nitrogen and oxygen atoms in total. The summed E-state index contributed by atoms with van der Waals surface area (Å²) in [6.45, 7) is 2.71. The molecule has 0 aliphatic heterocycles. The van der Waals surface area contributed by atoms with E-state index in [-0.39, 0.29) is 11.8 Å². The molecule has 2 atom stereocenters. The number of anilines is 1. The number of carboxylic acids is 1. The number of hydrogen-bond acceptors (Lipinski definition) is 2.